The van der Waals surface area contributed by atoms with Crippen molar-refractivity contribution in [3.63, 3.8) is 0 Å². The predicted molar refractivity (Wildman–Crippen MR) is 192 cm³/mol. The van der Waals surface area contributed by atoms with Crippen LogP contribution < -0.4 is 5.32 Å². The van der Waals surface area contributed by atoms with E-state index >= 15 is 0 Å². The number of hydrogen-bond acceptors (Lipinski definition) is 5. The van der Waals surface area contributed by atoms with Crippen molar-refractivity contribution in [3.8, 4) is 11.3 Å². The molecule has 4 aliphatic rings. The van der Waals surface area contributed by atoms with Crippen LogP contribution in [0.15, 0.2) is 90.4 Å². The van der Waals surface area contributed by atoms with Gasteiger partial charge in [0.15, 0.2) is 5.13 Å². The highest BCUT2D eigenvalue weighted by molar-refractivity contribution is 7.14. The topological polar surface area (TPSA) is 65.5 Å². The van der Waals surface area contributed by atoms with Gasteiger partial charge in [-0.25, -0.2) is 4.98 Å². The predicted octanol–water partition coefficient (Wildman–Crippen LogP) is 8.43. The molecule has 2 heterocycles. The van der Waals surface area contributed by atoms with E-state index in [1.165, 1.54) is 41.7 Å². The summed E-state index contributed by atoms with van der Waals surface area (Å²) in [5.74, 6) is 2.27. The number of nitrogens with zero attached hydrogens (tertiary/aromatic N) is 3. The van der Waals surface area contributed by atoms with E-state index in [0.717, 1.165) is 56.7 Å². The van der Waals surface area contributed by atoms with Gasteiger partial charge in [0, 0.05) is 55.1 Å². The molecule has 1 fully saturated rings. The van der Waals surface area contributed by atoms with Gasteiger partial charge in [0.25, 0.3) is 5.91 Å². The van der Waals surface area contributed by atoms with E-state index in [-0.39, 0.29) is 11.8 Å². The van der Waals surface area contributed by atoms with Crippen LogP contribution in [0.2, 0.25) is 0 Å². The van der Waals surface area contributed by atoms with Crippen LogP contribution in [0.4, 0.5) is 5.13 Å². The fraction of sp³-hybridized carbons (Fsp3) is 0.425. The van der Waals surface area contributed by atoms with E-state index in [0.29, 0.717) is 46.8 Å². The fourth-order valence-corrected chi connectivity index (χ4v) is 9.16. The minimum atomic E-state index is 0.0268. The molecule has 3 aromatic rings. The molecule has 0 radical (unpaired) electrons. The molecule has 7 heteroatoms. The molecule has 7 rings (SSSR count). The van der Waals surface area contributed by atoms with Crippen LogP contribution in [-0.2, 0) is 4.79 Å². The van der Waals surface area contributed by atoms with Crippen molar-refractivity contribution in [2.45, 2.75) is 69.7 Å². The summed E-state index contributed by atoms with van der Waals surface area (Å²) >= 11 is 1.45. The largest absolute Gasteiger partial charge is 0.336 e. The highest BCUT2D eigenvalue weighted by atomic mass is 32.1. The summed E-state index contributed by atoms with van der Waals surface area (Å²) in [5.41, 5.74) is 5.42. The number of benzene rings is 2. The minimum absolute atomic E-state index is 0.0268. The van der Waals surface area contributed by atoms with Crippen molar-refractivity contribution < 1.29 is 9.59 Å². The lowest BCUT2D eigenvalue weighted by atomic mass is 9.59. The summed E-state index contributed by atoms with van der Waals surface area (Å²) in [5, 5.41) is 5.68. The van der Waals surface area contributed by atoms with E-state index in [2.05, 4.69) is 77.9 Å². The first-order valence-corrected chi connectivity index (χ1v) is 18.4. The molecule has 0 saturated carbocycles. The minimum Gasteiger partial charge on any atom is -0.336 e. The number of carbonyl (C=O) groups excluding carboxylic acids is 2. The Balaban J connectivity index is 0.940. The average molecular weight is 647 g/mol. The number of fused-ring (bicyclic) bond motifs is 2. The van der Waals surface area contributed by atoms with Crippen molar-refractivity contribution in [2.75, 3.05) is 31.5 Å². The van der Waals surface area contributed by atoms with Crippen molar-refractivity contribution in [2.24, 2.45) is 11.8 Å². The molecule has 1 saturated heterocycles. The van der Waals surface area contributed by atoms with Crippen molar-refractivity contribution in [1.82, 2.24) is 14.8 Å². The molecule has 1 N–H and O–H groups in total. The number of piperazine rings is 1. The molecule has 1 aliphatic heterocycles. The summed E-state index contributed by atoms with van der Waals surface area (Å²) in [6, 6.07) is 17.2. The third-order valence-electron chi connectivity index (χ3n) is 10.8. The lowest BCUT2D eigenvalue weighted by Crippen LogP contribution is -2.51. The van der Waals surface area contributed by atoms with Crippen LogP contribution in [0, 0.1) is 11.8 Å². The van der Waals surface area contributed by atoms with Gasteiger partial charge >= 0.3 is 0 Å². The third-order valence-corrected chi connectivity index (χ3v) is 11.5. The highest BCUT2D eigenvalue weighted by Gasteiger charge is 2.41. The third kappa shape index (κ3) is 6.93. The maximum atomic E-state index is 13.2. The number of hydrogen-bond donors (Lipinski definition) is 1. The van der Waals surface area contributed by atoms with Gasteiger partial charge in [0.2, 0.25) is 5.91 Å². The van der Waals surface area contributed by atoms with Crippen LogP contribution in [0.25, 0.3) is 11.3 Å². The molecule has 244 valence electrons. The molecule has 2 aromatic carbocycles. The number of anilines is 1. The zero-order valence-corrected chi connectivity index (χ0v) is 28.2. The Kier molecular flexibility index (Phi) is 9.82. The molecule has 0 bridgehead atoms. The Morgan fingerprint density at radius 3 is 2.45 bits per heavy atom. The van der Waals surface area contributed by atoms with E-state index in [1.807, 2.05) is 34.5 Å². The lowest BCUT2D eigenvalue weighted by molar-refractivity contribution is -0.116. The molecule has 3 aliphatic carbocycles. The Labute approximate surface area is 283 Å². The van der Waals surface area contributed by atoms with Gasteiger partial charge in [-0.05, 0) is 79.0 Å². The second kappa shape index (κ2) is 14.5. The first-order valence-electron chi connectivity index (χ1n) is 17.6. The number of carbonyl (C=O) groups is 2. The molecular formula is C40H46N4O2S. The number of amides is 2. The lowest BCUT2D eigenvalue weighted by Gasteiger charge is -2.45. The van der Waals surface area contributed by atoms with Gasteiger partial charge in [0.05, 0.1) is 5.69 Å². The number of allylic oxidation sites excluding steroid dienone is 4. The summed E-state index contributed by atoms with van der Waals surface area (Å²) in [4.78, 5) is 35.6. The SMILES string of the molecule is CCCC1c2ccccc2C(CCC(=O)Nc2nc(-c3ccc(C(=O)N4CCN(C5C=CC=CC5)CC4)cc3)cs2)C2CCC=CC12. The number of rotatable bonds is 9. The van der Waals surface area contributed by atoms with Crippen LogP contribution in [-0.4, -0.2) is 58.8 Å². The van der Waals surface area contributed by atoms with Crippen molar-refractivity contribution in [1.29, 1.82) is 0 Å². The zero-order valence-electron chi connectivity index (χ0n) is 27.4. The van der Waals surface area contributed by atoms with Crippen LogP contribution in [0.5, 0.6) is 0 Å². The van der Waals surface area contributed by atoms with Gasteiger partial charge in [-0.1, -0.05) is 86.2 Å². The van der Waals surface area contributed by atoms with Crippen molar-refractivity contribution in [3.05, 3.63) is 107 Å². The molecule has 1 aromatic heterocycles. The second-order valence-electron chi connectivity index (χ2n) is 13.5. The monoisotopic (exact) mass is 646 g/mol. The molecule has 5 unspecified atom stereocenters. The number of aromatic nitrogens is 1. The summed E-state index contributed by atoms with van der Waals surface area (Å²) in [7, 11) is 0. The van der Waals surface area contributed by atoms with Crippen LogP contribution >= 0.6 is 11.3 Å². The van der Waals surface area contributed by atoms with Gasteiger partial charge in [-0.2, -0.15) is 0 Å². The average Bonchev–Trinajstić information content (AvgIpc) is 3.60. The zero-order chi connectivity index (χ0) is 32.2. The van der Waals surface area contributed by atoms with Crippen LogP contribution in [0.3, 0.4) is 0 Å². The van der Waals surface area contributed by atoms with Gasteiger partial charge in [-0.15, -0.1) is 11.3 Å². The summed E-state index contributed by atoms with van der Waals surface area (Å²) in [6.45, 7) is 5.57. The number of nitrogens with one attached hydrogen (secondary N) is 1. The summed E-state index contributed by atoms with van der Waals surface area (Å²) in [6.07, 6.45) is 20.7. The van der Waals surface area contributed by atoms with Gasteiger partial charge < -0.3 is 10.2 Å². The van der Waals surface area contributed by atoms with Crippen LogP contribution in [0.1, 0.15) is 85.2 Å². The Hall–Kier alpha value is -3.81. The molecular weight excluding hydrogens is 601 g/mol. The molecule has 2 amide bonds. The molecule has 0 spiro atoms. The van der Waals surface area contributed by atoms with E-state index in [9.17, 15) is 9.59 Å². The number of thiazole rings is 1. The summed E-state index contributed by atoms with van der Waals surface area (Å²) < 4.78 is 0. The second-order valence-corrected chi connectivity index (χ2v) is 14.4. The maximum absolute atomic E-state index is 13.2. The standard InChI is InChI=1S/C40H46N4O2S/c1-2-10-31-32-13-6-8-15-34(32)36(35-16-9-7-14-33(31)35)21-22-38(45)42-40-41-37(27-47-40)28-17-19-29(20-18-28)39(46)44-25-23-43(24-26-44)30-11-4-3-5-12-30/h3-8,11,13-15,17-20,27,30-31,33,35-36H,2,9-10,12,16,21-26H2,1H3,(H,41,42,45). The molecule has 47 heavy (non-hydrogen) atoms. The fourth-order valence-electron chi connectivity index (χ4n) is 8.43. The highest BCUT2D eigenvalue weighted by Crippen LogP contribution is 2.53. The van der Waals surface area contributed by atoms with Gasteiger partial charge in [0.1, 0.15) is 0 Å². The maximum Gasteiger partial charge on any atom is 0.253 e. The Morgan fingerprint density at radius 2 is 1.70 bits per heavy atom. The molecule has 5 atom stereocenters. The smallest absolute Gasteiger partial charge is 0.253 e. The first kappa shape index (κ1) is 31.8. The van der Waals surface area contributed by atoms with E-state index < -0.39 is 0 Å². The quantitative estimate of drug-likeness (QED) is 0.237. The Morgan fingerprint density at radius 1 is 0.915 bits per heavy atom. The first-order chi connectivity index (χ1) is 23.1. The van der Waals surface area contributed by atoms with E-state index in [1.54, 1.807) is 0 Å². The van der Waals surface area contributed by atoms with Gasteiger partial charge in [-0.3, -0.25) is 14.5 Å². The Bertz CT molecular complexity index is 1650. The van der Waals surface area contributed by atoms with E-state index in [4.69, 9.17) is 4.98 Å². The normalized spacial score (nSPS) is 25.3. The molecule has 6 nitrogen and oxygen atoms in total. The van der Waals surface area contributed by atoms with Crippen molar-refractivity contribution >= 4 is 28.3 Å².